The molecule has 0 bridgehead atoms. The second-order valence-corrected chi connectivity index (χ2v) is 2.09. The Kier molecular flexibility index (Phi) is 1.67. The van der Waals surface area contributed by atoms with Crippen LogP contribution in [-0.2, 0) is 0 Å². The molecule has 0 fully saturated rings. The molecule has 1 aromatic rings. The van der Waals surface area contributed by atoms with Crippen molar-refractivity contribution in [2.45, 2.75) is 6.92 Å². The summed E-state index contributed by atoms with van der Waals surface area (Å²) >= 11 is 0. The lowest BCUT2D eigenvalue weighted by atomic mass is 10.3. The molecule has 0 aliphatic heterocycles. The van der Waals surface area contributed by atoms with E-state index in [1.165, 1.54) is 0 Å². The van der Waals surface area contributed by atoms with E-state index < -0.39 is 0 Å². The van der Waals surface area contributed by atoms with E-state index in [0.717, 1.165) is 5.57 Å². The molecular weight excluding hydrogens is 126 g/mol. The van der Waals surface area contributed by atoms with Gasteiger partial charge in [0, 0.05) is 6.20 Å². The summed E-state index contributed by atoms with van der Waals surface area (Å²) in [6, 6.07) is 1.65. The quantitative estimate of drug-likeness (QED) is 0.627. The molecule has 0 atom stereocenters. The average Bonchev–Trinajstić information content (AvgIpc) is 1.88. The van der Waals surface area contributed by atoms with Gasteiger partial charge in [0.15, 0.2) is 5.82 Å². The van der Waals surface area contributed by atoms with Crippen LogP contribution in [0.15, 0.2) is 18.8 Å². The summed E-state index contributed by atoms with van der Waals surface area (Å²) < 4.78 is 0. The number of anilines is 1. The Hall–Kier alpha value is -1.38. The molecule has 0 spiro atoms. The van der Waals surface area contributed by atoms with Crippen LogP contribution in [0.5, 0.6) is 0 Å². The van der Waals surface area contributed by atoms with Crippen molar-refractivity contribution in [3.8, 4) is 0 Å². The number of hydrogen-bond donors (Lipinski definition) is 1. The van der Waals surface area contributed by atoms with Crippen LogP contribution in [0, 0.1) is 0 Å². The third kappa shape index (κ3) is 1.31. The molecule has 52 valence electrons. The highest BCUT2D eigenvalue weighted by Gasteiger charge is 1.94. The minimum Gasteiger partial charge on any atom is -0.384 e. The van der Waals surface area contributed by atoms with E-state index in [1.54, 1.807) is 12.3 Å². The highest BCUT2D eigenvalue weighted by Crippen LogP contribution is 2.04. The van der Waals surface area contributed by atoms with Gasteiger partial charge in [0.1, 0.15) is 5.82 Å². The normalized spacial score (nSPS) is 9.30. The number of aromatic nitrogens is 2. The van der Waals surface area contributed by atoms with E-state index >= 15 is 0 Å². The first kappa shape index (κ1) is 6.74. The monoisotopic (exact) mass is 135 g/mol. The van der Waals surface area contributed by atoms with Crippen LogP contribution in [0.3, 0.4) is 0 Å². The lowest BCUT2D eigenvalue weighted by Gasteiger charge is -1.96. The molecule has 0 aliphatic rings. The van der Waals surface area contributed by atoms with E-state index in [1.807, 2.05) is 6.92 Å². The van der Waals surface area contributed by atoms with Crippen LogP contribution < -0.4 is 5.73 Å². The summed E-state index contributed by atoms with van der Waals surface area (Å²) in [6.07, 6.45) is 1.62. The fourth-order valence-corrected chi connectivity index (χ4v) is 0.578. The fourth-order valence-electron chi connectivity index (χ4n) is 0.578. The van der Waals surface area contributed by atoms with E-state index in [-0.39, 0.29) is 0 Å². The second-order valence-electron chi connectivity index (χ2n) is 2.09. The molecule has 3 nitrogen and oxygen atoms in total. The number of nitrogens with zero attached hydrogens (tertiary/aromatic N) is 2. The molecule has 0 radical (unpaired) electrons. The van der Waals surface area contributed by atoms with Crippen molar-refractivity contribution in [2.75, 3.05) is 5.73 Å². The van der Waals surface area contributed by atoms with Gasteiger partial charge in [0.2, 0.25) is 0 Å². The van der Waals surface area contributed by atoms with Crippen LogP contribution >= 0.6 is 0 Å². The number of nitrogens with two attached hydrogens (primary N) is 1. The highest BCUT2D eigenvalue weighted by molar-refractivity contribution is 5.55. The molecule has 10 heavy (non-hydrogen) atoms. The lowest BCUT2D eigenvalue weighted by molar-refractivity contribution is 1.12. The van der Waals surface area contributed by atoms with Crippen molar-refractivity contribution in [1.29, 1.82) is 0 Å². The Balaban J connectivity index is 3.07. The van der Waals surface area contributed by atoms with Crippen molar-refractivity contribution in [3.05, 3.63) is 24.7 Å². The largest absolute Gasteiger partial charge is 0.384 e. The van der Waals surface area contributed by atoms with Crippen molar-refractivity contribution in [1.82, 2.24) is 9.97 Å². The number of hydrogen-bond acceptors (Lipinski definition) is 3. The maximum atomic E-state index is 5.40. The number of nitrogen functional groups attached to an aromatic ring is 1. The maximum absolute atomic E-state index is 5.40. The molecular formula is C7H9N3. The Morgan fingerprint density at radius 3 is 2.80 bits per heavy atom. The van der Waals surface area contributed by atoms with E-state index in [2.05, 4.69) is 16.5 Å². The van der Waals surface area contributed by atoms with Crippen LogP contribution in [-0.4, -0.2) is 9.97 Å². The molecule has 1 aromatic heterocycles. The topological polar surface area (TPSA) is 51.8 Å². The predicted molar refractivity (Wildman–Crippen MR) is 41.2 cm³/mol. The molecule has 0 amide bonds. The number of allylic oxidation sites excluding steroid dienone is 1. The van der Waals surface area contributed by atoms with Crippen molar-refractivity contribution < 1.29 is 0 Å². The molecule has 0 aromatic carbocycles. The molecule has 0 aliphatic carbocycles. The molecule has 0 saturated carbocycles. The Morgan fingerprint density at radius 2 is 2.40 bits per heavy atom. The Bertz CT molecular complexity index is 255. The van der Waals surface area contributed by atoms with E-state index in [4.69, 9.17) is 5.73 Å². The van der Waals surface area contributed by atoms with Gasteiger partial charge in [-0.05, 0) is 18.6 Å². The zero-order chi connectivity index (χ0) is 7.56. The number of rotatable bonds is 1. The SMILES string of the molecule is C=C(C)c1nccc(N)n1. The van der Waals surface area contributed by atoms with Gasteiger partial charge in [-0.25, -0.2) is 9.97 Å². The minimum absolute atomic E-state index is 0.480. The van der Waals surface area contributed by atoms with Crippen molar-refractivity contribution >= 4 is 11.4 Å². The van der Waals surface area contributed by atoms with Gasteiger partial charge in [-0.2, -0.15) is 0 Å². The van der Waals surface area contributed by atoms with Gasteiger partial charge < -0.3 is 5.73 Å². The first-order chi connectivity index (χ1) is 4.70. The van der Waals surface area contributed by atoms with Crippen LogP contribution in [0.1, 0.15) is 12.7 Å². The predicted octanol–water partition coefficient (Wildman–Crippen LogP) is 1.09. The second kappa shape index (κ2) is 2.47. The molecule has 0 unspecified atom stereocenters. The summed E-state index contributed by atoms with van der Waals surface area (Å²) in [6.45, 7) is 5.53. The first-order valence-corrected chi connectivity index (χ1v) is 2.94. The van der Waals surface area contributed by atoms with Crippen LogP contribution in [0.4, 0.5) is 5.82 Å². The molecule has 3 heteroatoms. The van der Waals surface area contributed by atoms with E-state index in [0.29, 0.717) is 11.6 Å². The summed E-state index contributed by atoms with van der Waals surface area (Å²) in [5.41, 5.74) is 6.23. The summed E-state index contributed by atoms with van der Waals surface area (Å²) in [5.74, 6) is 1.09. The molecule has 0 saturated heterocycles. The summed E-state index contributed by atoms with van der Waals surface area (Å²) in [5, 5.41) is 0. The highest BCUT2D eigenvalue weighted by atomic mass is 14.9. The Morgan fingerprint density at radius 1 is 1.70 bits per heavy atom. The van der Waals surface area contributed by atoms with Gasteiger partial charge in [-0.15, -0.1) is 0 Å². The van der Waals surface area contributed by atoms with Gasteiger partial charge in [0.05, 0.1) is 0 Å². The maximum Gasteiger partial charge on any atom is 0.156 e. The van der Waals surface area contributed by atoms with Gasteiger partial charge >= 0.3 is 0 Å². The zero-order valence-electron chi connectivity index (χ0n) is 5.83. The molecule has 2 N–H and O–H groups in total. The fraction of sp³-hybridized carbons (Fsp3) is 0.143. The third-order valence-corrected chi connectivity index (χ3v) is 1.06. The molecule has 1 heterocycles. The minimum atomic E-state index is 0.480. The van der Waals surface area contributed by atoms with Gasteiger partial charge in [-0.3, -0.25) is 0 Å². The van der Waals surface area contributed by atoms with Crippen LogP contribution in [0.25, 0.3) is 5.57 Å². The van der Waals surface area contributed by atoms with E-state index in [9.17, 15) is 0 Å². The molecule has 1 rings (SSSR count). The summed E-state index contributed by atoms with van der Waals surface area (Å²) in [4.78, 5) is 7.89. The van der Waals surface area contributed by atoms with Crippen molar-refractivity contribution in [2.24, 2.45) is 0 Å². The third-order valence-electron chi connectivity index (χ3n) is 1.06. The zero-order valence-corrected chi connectivity index (χ0v) is 5.83. The van der Waals surface area contributed by atoms with Gasteiger partial charge in [0.25, 0.3) is 0 Å². The summed E-state index contributed by atoms with van der Waals surface area (Å²) in [7, 11) is 0. The van der Waals surface area contributed by atoms with Gasteiger partial charge in [-0.1, -0.05) is 6.58 Å². The Labute approximate surface area is 59.6 Å². The standard InChI is InChI=1S/C7H9N3/c1-5(2)7-9-4-3-6(8)10-7/h3-4H,1H2,2H3,(H2,8,9,10). The smallest absolute Gasteiger partial charge is 0.156 e. The lowest BCUT2D eigenvalue weighted by Crippen LogP contribution is -1.95. The van der Waals surface area contributed by atoms with Crippen molar-refractivity contribution in [3.63, 3.8) is 0 Å². The van der Waals surface area contributed by atoms with Crippen LogP contribution in [0.2, 0.25) is 0 Å². The first-order valence-electron chi connectivity index (χ1n) is 2.94. The average molecular weight is 135 g/mol.